The molecule has 1 aromatic heterocycles. The van der Waals surface area contributed by atoms with E-state index in [-0.39, 0.29) is 0 Å². The third-order valence-corrected chi connectivity index (χ3v) is 3.87. The number of methoxy groups -OCH3 is 3. The predicted octanol–water partition coefficient (Wildman–Crippen LogP) is 4.28. The van der Waals surface area contributed by atoms with Crippen molar-refractivity contribution >= 4 is 27.0 Å². The van der Waals surface area contributed by atoms with Gasteiger partial charge in [0.2, 0.25) is 5.89 Å². The third-order valence-electron chi connectivity index (χ3n) is 3.28. The Morgan fingerprint density at radius 1 is 0.955 bits per heavy atom. The van der Waals surface area contributed by atoms with Gasteiger partial charge in [0, 0.05) is 11.6 Å². The molecule has 0 saturated carbocycles. The van der Waals surface area contributed by atoms with E-state index in [4.69, 9.17) is 18.6 Å². The summed E-state index contributed by atoms with van der Waals surface area (Å²) in [6.07, 6.45) is 0. The van der Waals surface area contributed by atoms with Crippen LogP contribution < -0.4 is 14.2 Å². The van der Waals surface area contributed by atoms with Crippen LogP contribution in [0.15, 0.2) is 39.2 Å². The van der Waals surface area contributed by atoms with Gasteiger partial charge in [-0.25, -0.2) is 4.98 Å². The summed E-state index contributed by atoms with van der Waals surface area (Å²) in [6, 6.07) is 9.18. The molecule has 0 amide bonds. The van der Waals surface area contributed by atoms with Gasteiger partial charge in [-0.3, -0.25) is 0 Å². The van der Waals surface area contributed by atoms with E-state index >= 15 is 0 Å². The Kier molecular flexibility index (Phi) is 3.94. The predicted molar refractivity (Wildman–Crippen MR) is 86.8 cm³/mol. The van der Waals surface area contributed by atoms with E-state index < -0.39 is 0 Å². The lowest BCUT2D eigenvalue weighted by atomic mass is 10.2. The number of hydrogen-bond donors (Lipinski definition) is 0. The number of rotatable bonds is 4. The van der Waals surface area contributed by atoms with Crippen LogP contribution in [0.4, 0.5) is 0 Å². The first-order chi connectivity index (χ1) is 10.7. The fraction of sp³-hybridized carbons (Fsp3) is 0.188. The number of hydrogen-bond acceptors (Lipinski definition) is 5. The van der Waals surface area contributed by atoms with Crippen molar-refractivity contribution in [2.45, 2.75) is 0 Å². The summed E-state index contributed by atoms with van der Waals surface area (Å²) >= 11 is 3.47. The monoisotopic (exact) mass is 363 g/mol. The largest absolute Gasteiger partial charge is 0.497 e. The number of oxazole rings is 1. The van der Waals surface area contributed by atoms with Gasteiger partial charge in [-0.2, -0.15) is 0 Å². The molecular weight excluding hydrogens is 350 g/mol. The summed E-state index contributed by atoms with van der Waals surface area (Å²) < 4.78 is 22.4. The maximum absolute atomic E-state index is 5.85. The minimum absolute atomic E-state index is 0.505. The fourth-order valence-corrected chi connectivity index (χ4v) is 2.69. The first-order valence-corrected chi connectivity index (χ1v) is 7.32. The van der Waals surface area contributed by atoms with Crippen molar-refractivity contribution in [3.05, 3.63) is 34.8 Å². The molecule has 2 aromatic carbocycles. The minimum atomic E-state index is 0.505. The van der Waals surface area contributed by atoms with Crippen LogP contribution in [0, 0.1) is 0 Å². The molecule has 3 rings (SSSR count). The fourth-order valence-electron chi connectivity index (χ4n) is 2.18. The van der Waals surface area contributed by atoms with Crippen molar-refractivity contribution in [2.24, 2.45) is 0 Å². The van der Waals surface area contributed by atoms with Gasteiger partial charge in [0.05, 0.1) is 25.8 Å². The lowest BCUT2D eigenvalue weighted by Crippen LogP contribution is -1.90. The van der Waals surface area contributed by atoms with Gasteiger partial charge in [-0.05, 0) is 40.2 Å². The van der Waals surface area contributed by atoms with Crippen molar-refractivity contribution in [3.63, 3.8) is 0 Å². The summed E-state index contributed by atoms with van der Waals surface area (Å²) in [5.74, 6) is 2.50. The molecule has 0 aliphatic rings. The lowest BCUT2D eigenvalue weighted by molar-refractivity contribution is 0.355. The Balaban J connectivity index is 2.12. The zero-order chi connectivity index (χ0) is 15.7. The van der Waals surface area contributed by atoms with E-state index in [1.54, 1.807) is 21.3 Å². The standard InChI is InChI=1S/C16H14BrNO4/c1-19-10-7-11(17)15-12(8-10)18-16(22-15)9-4-5-13(20-2)14(6-9)21-3/h4-8H,1-3H3. The van der Waals surface area contributed by atoms with Gasteiger partial charge in [-0.1, -0.05) is 0 Å². The summed E-state index contributed by atoms with van der Waals surface area (Å²) in [4.78, 5) is 4.51. The van der Waals surface area contributed by atoms with Gasteiger partial charge >= 0.3 is 0 Å². The van der Waals surface area contributed by atoms with E-state index in [1.165, 1.54) is 0 Å². The van der Waals surface area contributed by atoms with Crippen LogP contribution in [0.2, 0.25) is 0 Å². The summed E-state index contributed by atoms with van der Waals surface area (Å²) in [6.45, 7) is 0. The molecule has 5 nitrogen and oxygen atoms in total. The Bertz CT molecular complexity index is 828. The molecule has 22 heavy (non-hydrogen) atoms. The van der Waals surface area contributed by atoms with Crippen LogP contribution in [0.5, 0.6) is 17.2 Å². The zero-order valence-electron chi connectivity index (χ0n) is 12.3. The molecule has 0 N–H and O–H groups in total. The van der Waals surface area contributed by atoms with E-state index in [0.29, 0.717) is 28.7 Å². The number of halogens is 1. The average molecular weight is 364 g/mol. The quantitative estimate of drug-likeness (QED) is 0.692. The molecule has 0 bridgehead atoms. The molecule has 0 unspecified atom stereocenters. The van der Waals surface area contributed by atoms with E-state index in [2.05, 4.69) is 20.9 Å². The molecule has 0 spiro atoms. The van der Waals surface area contributed by atoms with Gasteiger partial charge < -0.3 is 18.6 Å². The van der Waals surface area contributed by atoms with Crippen LogP contribution in [0.25, 0.3) is 22.6 Å². The highest BCUT2D eigenvalue weighted by molar-refractivity contribution is 9.10. The van der Waals surface area contributed by atoms with E-state index in [1.807, 2.05) is 30.3 Å². The smallest absolute Gasteiger partial charge is 0.227 e. The molecule has 1 heterocycles. The molecular formula is C16H14BrNO4. The molecule has 6 heteroatoms. The van der Waals surface area contributed by atoms with Crippen molar-refractivity contribution in [1.29, 1.82) is 0 Å². The Morgan fingerprint density at radius 3 is 2.41 bits per heavy atom. The number of benzene rings is 2. The molecule has 0 saturated heterocycles. The molecule has 0 fully saturated rings. The molecule has 0 aliphatic heterocycles. The Labute approximate surface area is 135 Å². The van der Waals surface area contributed by atoms with Gasteiger partial charge in [-0.15, -0.1) is 0 Å². The molecule has 0 atom stereocenters. The highest BCUT2D eigenvalue weighted by atomic mass is 79.9. The second-order valence-electron chi connectivity index (χ2n) is 4.55. The number of fused-ring (bicyclic) bond motifs is 1. The van der Waals surface area contributed by atoms with Gasteiger partial charge in [0.1, 0.15) is 11.3 Å². The highest BCUT2D eigenvalue weighted by Crippen LogP contribution is 2.36. The summed E-state index contributed by atoms with van der Waals surface area (Å²) in [7, 11) is 4.80. The molecule has 3 aromatic rings. The van der Waals surface area contributed by atoms with Crippen molar-refractivity contribution in [2.75, 3.05) is 21.3 Å². The molecule has 114 valence electrons. The van der Waals surface area contributed by atoms with Crippen LogP contribution in [0.3, 0.4) is 0 Å². The maximum atomic E-state index is 5.85. The second-order valence-corrected chi connectivity index (χ2v) is 5.40. The van der Waals surface area contributed by atoms with Crippen LogP contribution in [0.1, 0.15) is 0 Å². The highest BCUT2D eigenvalue weighted by Gasteiger charge is 2.14. The SMILES string of the molecule is COc1cc(Br)c2oc(-c3ccc(OC)c(OC)c3)nc2c1. The van der Waals surface area contributed by atoms with E-state index in [0.717, 1.165) is 15.6 Å². The van der Waals surface area contributed by atoms with Crippen LogP contribution >= 0.6 is 15.9 Å². The van der Waals surface area contributed by atoms with Crippen molar-refractivity contribution < 1.29 is 18.6 Å². The topological polar surface area (TPSA) is 53.7 Å². The first kappa shape index (κ1) is 14.7. The second kappa shape index (κ2) is 5.88. The van der Waals surface area contributed by atoms with Crippen LogP contribution in [-0.4, -0.2) is 26.3 Å². The maximum Gasteiger partial charge on any atom is 0.227 e. The van der Waals surface area contributed by atoms with Crippen LogP contribution in [-0.2, 0) is 0 Å². The minimum Gasteiger partial charge on any atom is -0.497 e. The number of aromatic nitrogens is 1. The van der Waals surface area contributed by atoms with Crippen molar-refractivity contribution in [3.8, 4) is 28.7 Å². The van der Waals surface area contributed by atoms with Gasteiger partial charge in [0.15, 0.2) is 17.1 Å². The zero-order valence-corrected chi connectivity index (χ0v) is 13.9. The summed E-state index contributed by atoms with van der Waals surface area (Å²) in [5.41, 5.74) is 2.20. The molecule has 0 radical (unpaired) electrons. The Morgan fingerprint density at radius 2 is 1.73 bits per heavy atom. The first-order valence-electron chi connectivity index (χ1n) is 6.52. The summed E-state index contributed by atoms with van der Waals surface area (Å²) in [5, 5.41) is 0. The number of nitrogens with zero attached hydrogens (tertiary/aromatic N) is 1. The average Bonchev–Trinajstić information content (AvgIpc) is 2.98. The third kappa shape index (κ3) is 2.50. The number of ether oxygens (including phenoxy) is 3. The van der Waals surface area contributed by atoms with E-state index in [9.17, 15) is 0 Å². The lowest BCUT2D eigenvalue weighted by Gasteiger charge is -2.07. The Hall–Kier alpha value is -2.21. The van der Waals surface area contributed by atoms with Gasteiger partial charge in [0.25, 0.3) is 0 Å². The van der Waals surface area contributed by atoms with Crippen molar-refractivity contribution in [1.82, 2.24) is 4.98 Å². The normalized spacial score (nSPS) is 10.7. The molecule has 0 aliphatic carbocycles.